The van der Waals surface area contributed by atoms with E-state index in [1.165, 1.54) is 0 Å². The van der Waals surface area contributed by atoms with Gasteiger partial charge in [-0.3, -0.25) is 14.9 Å². The third-order valence-electron chi connectivity index (χ3n) is 3.15. The number of nitro groups is 1. The van der Waals surface area contributed by atoms with E-state index in [4.69, 9.17) is 10.7 Å². The van der Waals surface area contributed by atoms with Crippen molar-refractivity contribution in [2.24, 2.45) is 5.92 Å². The van der Waals surface area contributed by atoms with Crippen LogP contribution >= 0.6 is 10.7 Å². The molecular weight excluding hydrogens is 346 g/mol. The second kappa shape index (κ2) is 5.76. The Hall–Kier alpha value is -1.81. The summed E-state index contributed by atoms with van der Waals surface area (Å²) in [7, 11) is 1.20. The average molecular weight is 355 g/mol. The lowest BCUT2D eigenvalue weighted by Gasteiger charge is -2.17. The molecule has 22 heavy (non-hydrogen) atoms. The summed E-state index contributed by atoms with van der Waals surface area (Å²) in [4.78, 5) is 22.5. The zero-order valence-corrected chi connectivity index (χ0v) is 12.4. The van der Waals surface area contributed by atoms with Crippen LogP contribution in [0.15, 0.2) is 12.1 Å². The minimum atomic E-state index is -3.89. The predicted octanol–water partition coefficient (Wildman–Crippen LogP) is 1.79. The zero-order valence-electron chi connectivity index (χ0n) is 10.8. The molecule has 1 unspecified atom stereocenters. The number of hydrogen-bond acceptors (Lipinski definition) is 5. The number of carbonyl (C=O) groups is 1. The Morgan fingerprint density at radius 2 is 2.05 bits per heavy atom. The normalized spacial score (nSPS) is 18.8. The lowest BCUT2D eigenvalue weighted by atomic mass is 10.1. The number of anilines is 1. The van der Waals surface area contributed by atoms with Crippen LogP contribution in [0.3, 0.4) is 0 Å². The van der Waals surface area contributed by atoms with Crippen molar-refractivity contribution in [2.45, 2.75) is 6.42 Å². The van der Waals surface area contributed by atoms with Crippen molar-refractivity contribution < 1.29 is 26.9 Å². The van der Waals surface area contributed by atoms with Gasteiger partial charge in [-0.1, -0.05) is 0 Å². The zero-order chi connectivity index (χ0) is 16.7. The van der Waals surface area contributed by atoms with E-state index < -0.39 is 54.6 Å². The summed E-state index contributed by atoms with van der Waals surface area (Å²) in [5.41, 5.74) is -1.58. The van der Waals surface area contributed by atoms with Crippen LogP contribution in [-0.4, -0.2) is 31.5 Å². The Morgan fingerprint density at radius 3 is 2.59 bits per heavy atom. The Kier molecular flexibility index (Phi) is 4.34. The van der Waals surface area contributed by atoms with E-state index >= 15 is 0 Å². The fourth-order valence-electron chi connectivity index (χ4n) is 2.32. The van der Waals surface area contributed by atoms with Crippen molar-refractivity contribution in [1.29, 1.82) is 0 Å². The molecule has 1 atom stereocenters. The van der Waals surface area contributed by atoms with Gasteiger partial charge in [0.1, 0.15) is 0 Å². The van der Waals surface area contributed by atoms with Crippen LogP contribution in [0, 0.1) is 27.7 Å². The summed E-state index contributed by atoms with van der Waals surface area (Å²) in [6.45, 7) is -0.300. The van der Waals surface area contributed by atoms with Crippen molar-refractivity contribution in [3.05, 3.63) is 33.9 Å². The predicted molar refractivity (Wildman–Crippen MR) is 73.1 cm³/mol. The van der Waals surface area contributed by atoms with Crippen LogP contribution in [0.25, 0.3) is 0 Å². The summed E-state index contributed by atoms with van der Waals surface area (Å²) in [5, 5.41) is 10.9. The van der Waals surface area contributed by atoms with Crippen molar-refractivity contribution in [1.82, 2.24) is 0 Å². The van der Waals surface area contributed by atoms with Crippen LogP contribution in [0.4, 0.5) is 20.2 Å². The Morgan fingerprint density at radius 1 is 1.41 bits per heavy atom. The van der Waals surface area contributed by atoms with Gasteiger partial charge in [-0.15, -0.1) is 0 Å². The molecule has 1 saturated heterocycles. The summed E-state index contributed by atoms with van der Waals surface area (Å²) in [5.74, 6) is -4.91. The molecular formula is C11H9ClF2N2O5S. The number of carbonyl (C=O) groups excluding carboxylic acids is 1. The highest BCUT2D eigenvalue weighted by Crippen LogP contribution is 2.36. The minimum absolute atomic E-state index is 0.279. The van der Waals surface area contributed by atoms with Gasteiger partial charge in [0.25, 0.3) is 5.69 Å². The maximum Gasteiger partial charge on any atom is 0.296 e. The fourth-order valence-corrected chi connectivity index (χ4v) is 3.65. The largest absolute Gasteiger partial charge is 0.304 e. The van der Waals surface area contributed by atoms with Crippen LogP contribution in [0.1, 0.15) is 6.42 Å². The second-order valence-corrected chi connectivity index (χ2v) is 7.59. The topological polar surface area (TPSA) is 97.6 Å². The molecule has 1 amide bonds. The van der Waals surface area contributed by atoms with Crippen molar-refractivity contribution in [3.8, 4) is 0 Å². The van der Waals surface area contributed by atoms with Crippen LogP contribution in [0.2, 0.25) is 0 Å². The second-order valence-electron chi connectivity index (χ2n) is 4.77. The van der Waals surface area contributed by atoms with Gasteiger partial charge in [0.15, 0.2) is 17.3 Å². The number of hydrogen-bond donors (Lipinski definition) is 0. The van der Waals surface area contributed by atoms with E-state index in [9.17, 15) is 32.1 Å². The summed E-state index contributed by atoms with van der Waals surface area (Å²) in [6, 6.07) is 1.32. The molecule has 120 valence electrons. The molecule has 0 N–H and O–H groups in total. The first-order valence-electron chi connectivity index (χ1n) is 5.95. The Balaban J connectivity index is 2.42. The fraction of sp³-hybridized carbons (Fsp3) is 0.364. The number of halogens is 3. The molecule has 0 aromatic heterocycles. The third kappa shape index (κ3) is 3.33. The van der Waals surface area contributed by atoms with Gasteiger partial charge in [-0.25, -0.2) is 17.2 Å². The molecule has 1 aromatic carbocycles. The molecule has 1 heterocycles. The number of nitro benzene ring substituents is 1. The molecule has 0 saturated carbocycles. The lowest BCUT2D eigenvalue weighted by Crippen LogP contribution is -2.27. The van der Waals surface area contributed by atoms with Gasteiger partial charge in [0.2, 0.25) is 15.0 Å². The van der Waals surface area contributed by atoms with E-state index in [1.54, 1.807) is 0 Å². The van der Waals surface area contributed by atoms with E-state index in [2.05, 4.69) is 0 Å². The van der Waals surface area contributed by atoms with Gasteiger partial charge in [0.05, 0.1) is 10.7 Å². The average Bonchev–Trinajstić information content (AvgIpc) is 2.70. The SMILES string of the molecule is O=C1CC(CS(=O)(=O)Cl)CN1c1c([N+](=O)[O-])ccc(F)c1F. The Labute approximate surface area is 128 Å². The molecule has 11 heteroatoms. The molecule has 0 spiro atoms. The first-order valence-corrected chi connectivity index (χ1v) is 8.43. The highest BCUT2D eigenvalue weighted by Gasteiger charge is 2.38. The summed E-state index contributed by atoms with van der Waals surface area (Å²) in [6.07, 6.45) is -0.279. The van der Waals surface area contributed by atoms with Crippen molar-refractivity contribution >= 4 is 37.0 Å². The molecule has 1 aromatic rings. The molecule has 0 aliphatic carbocycles. The van der Waals surface area contributed by atoms with E-state index in [0.717, 1.165) is 6.07 Å². The van der Waals surface area contributed by atoms with E-state index in [-0.39, 0.29) is 13.0 Å². The van der Waals surface area contributed by atoms with Crippen LogP contribution in [-0.2, 0) is 13.8 Å². The number of benzene rings is 1. The van der Waals surface area contributed by atoms with Gasteiger partial charge in [-0.05, 0) is 6.07 Å². The monoisotopic (exact) mass is 354 g/mol. The third-order valence-corrected chi connectivity index (χ3v) is 4.40. The maximum absolute atomic E-state index is 13.9. The standard InChI is InChI=1S/C11H9ClF2N2O5S/c12-22(20,21)5-6-3-9(17)15(4-6)11-8(16(18)19)2-1-7(13)10(11)14/h1-2,6H,3-5H2. The molecule has 1 fully saturated rings. The molecule has 2 rings (SSSR count). The maximum atomic E-state index is 13.9. The molecule has 1 aliphatic rings. The summed E-state index contributed by atoms with van der Waals surface area (Å²) < 4.78 is 49.3. The van der Waals surface area contributed by atoms with Gasteiger partial charge in [0, 0.05) is 35.6 Å². The number of rotatable bonds is 4. The Bertz CT molecular complexity index is 755. The smallest absolute Gasteiger partial charge is 0.296 e. The lowest BCUT2D eigenvalue weighted by molar-refractivity contribution is -0.384. The summed E-state index contributed by atoms with van der Waals surface area (Å²) >= 11 is 0. The highest BCUT2D eigenvalue weighted by atomic mass is 35.7. The van der Waals surface area contributed by atoms with Crippen LogP contribution < -0.4 is 4.90 Å². The number of nitrogens with zero attached hydrogens (tertiary/aromatic N) is 2. The first kappa shape index (κ1) is 16.6. The molecule has 7 nitrogen and oxygen atoms in total. The van der Waals surface area contributed by atoms with Gasteiger partial charge in [-0.2, -0.15) is 0 Å². The first-order chi connectivity index (χ1) is 10.1. The molecule has 0 bridgehead atoms. The van der Waals surface area contributed by atoms with Crippen molar-refractivity contribution in [2.75, 3.05) is 17.2 Å². The number of amides is 1. The molecule has 0 radical (unpaired) electrons. The van der Waals surface area contributed by atoms with E-state index in [0.29, 0.717) is 11.0 Å². The van der Waals surface area contributed by atoms with Gasteiger partial charge < -0.3 is 4.90 Å². The molecule has 1 aliphatic heterocycles. The van der Waals surface area contributed by atoms with Crippen LogP contribution in [0.5, 0.6) is 0 Å². The van der Waals surface area contributed by atoms with Crippen molar-refractivity contribution in [3.63, 3.8) is 0 Å². The highest BCUT2D eigenvalue weighted by molar-refractivity contribution is 8.13. The van der Waals surface area contributed by atoms with Gasteiger partial charge >= 0.3 is 0 Å². The van der Waals surface area contributed by atoms with E-state index in [1.807, 2.05) is 0 Å². The minimum Gasteiger partial charge on any atom is -0.304 e. The quantitative estimate of drug-likeness (QED) is 0.466.